The highest BCUT2D eigenvalue weighted by Crippen LogP contribution is 2.38. The van der Waals surface area contributed by atoms with Gasteiger partial charge in [-0.15, -0.1) is 0 Å². The molecule has 0 bridgehead atoms. The molecule has 7 heteroatoms. The van der Waals surface area contributed by atoms with Gasteiger partial charge in [0.1, 0.15) is 0 Å². The Balaban J connectivity index is 2.36. The average Bonchev–Trinajstić information content (AvgIpc) is 2.61. The van der Waals surface area contributed by atoms with Crippen molar-refractivity contribution in [2.75, 3.05) is 12.3 Å². The summed E-state index contributed by atoms with van der Waals surface area (Å²) in [6.45, 7) is 7.18. The summed E-state index contributed by atoms with van der Waals surface area (Å²) >= 11 is 0. The predicted octanol–water partition coefficient (Wildman–Crippen LogP) is 2.55. The summed E-state index contributed by atoms with van der Waals surface area (Å²) in [5.74, 6) is -2.03. The monoisotopic (exact) mass is 311 g/mol. The van der Waals surface area contributed by atoms with Gasteiger partial charge >= 0.3 is 7.12 Å². The number of hydrogen-bond acceptors (Lipinski definition) is 4. The number of rotatable bonds is 3. The molecule has 22 heavy (non-hydrogen) atoms. The first-order valence-electron chi connectivity index (χ1n) is 6.99. The molecule has 3 N–H and O–H groups in total. The van der Waals surface area contributed by atoms with Crippen LogP contribution in [0.4, 0.5) is 14.5 Å². The summed E-state index contributed by atoms with van der Waals surface area (Å²) < 4.78 is 38.1. The van der Waals surface area contributed by atoms with Crippen molar-refractivity contribution in [1.82, 2.24) is 0 Å². The van der Waals surface area contributed by atoms with Gasteiger partial charge in [0.25, 0.3) is 0 Å². The van der Waals surface area contributed by atoms with E-state index in [1.807, 2.05) is 27.7 Å². The second-order valence-corrected chi connectivity index (χ2v) is 6.36. The van der Waals surface area contributed by atoms with Crippen LogP contribution >= 0.6 is 0 Å². The van der Waals surface area contributed by atoms with Crippen LogP contribution in [0, 0.1) is 11.6 Å². The van der Waals surface area contributed by atoms with Gasteiger partial charge in [-0.2, -0.15) is 0 Å². The fourth-order valence-corrected chi connectivity index (χ4v) is 2.08. The van der Waals surface area contributed by atoms with E-state index in [2.05, 4.69) is 0 Å². The third kappa shape index (κ3) is 3.02. The first-order chi connectivity index (χ1) is 10.1. The minimum absolute atomic E-state index is 0.0707. The molecule has 120 valence electrons. The second-order valence-electron chi connectivity index (χ2n) is 6.36. The number of hydrogen-bond donors (Lipinski definition) is 2. The fourth-order valence-electron chi connectivity index (χ4n) is 2.08. The van der Waals surface area contributed by atoms with Gasteiger partial charge in [-0.1, -0.05) is 6.08 Å². The smallest absolute Gasteiger partial charge is 0.400 e. The van der Waals surface area contributed by atoms with Crippen LogP contribution in [0.3, 0.4) is 0 Å². The van der Waals surface area contributed by atoms with Crippen LogP contribution in [0.25, 0.3) is 6.08 Å². The van der Waals surface area contributed by atoms with Gasteiger partial charge < -0.3 is 20.1 Å². The molecule has 0 spiro atoms. The Kier molecular flexibility index (Phi) is 4.34. The van der Waals surface area contributed by atoms with Crippen LogP contribution in [0.1, 0.15) is 33.3 Å². The largest absolute Gasteiger partial charge is 0.492 e. The van der Waals surface area contributed by atoms with Crippen LogP contribution in [0.15, 0.2) is 17.6 Å². The molecule has 1 fully saturated rings. The van der Waals surface area contributed by atoms with Crippen molar-refractivity contribution in [3.05, 3.63) is 34.8 Å². The summed E-state index contributed by atoms with van der Waals surface area (Å²) in [5, 5.41) is 9.57. The van der Waals surface area contributed by atoms with Gasteiger partial charge in [0, 0.05) is 11.8 Å². The Labute approximate surface area is 129 Å². The number of nitrogen functional groups attached to an aromatic ring is 1. The quantitative estimate of drug-likeness (QED) is 0.665. The maximum Gasteiger partial charge on any atom is 0.492 e. The fraction of sp³-hybridized carbons (Fsp3) is 0.467. The Bertz CT molecular complexity index is 601. The molecule has 1 heterocycles. The number of aliphatic hydroxyl groups excluding tert-OH is 1. The zero-order chi connectivity index (χ0) is 16.7. The van der Waals surface area contributed by atoms with Gasteiger partial charge in [-0.05, 0) is 44.8 Å². The second kappa shape index (κ2) is 5.64. The van der Waals surface area contributed by atoms with E-state index in [0.717, 1.165) is 12.1 Å². The Morgan fingerprint density at radius 3 is 2.18 bits per heavy atom. The normalized spacial score (nSPS) is 20.5. The Hall–Kier alpha value is -1.44. The molecule has 0 aromatic heterocycles. The third-order valence-electron chi connectivity index (χ3n) is 4.21. The highest BCUT2D eigenvalue weighted by Gasteiger charge is 2.52. The lowest BCUT2D eigenvalue weighted by molar-refractivity contribution is 0.00578. The maximum atomic E-state index is 13.4. The third-order valence-corrected chi connectivity index (χ3v) is 4.21. The molecule has 1 aliphatic rings. The van der Waals surface area contributed by atoms with Crippen molar-refractivity contribution < 1.29 is 23.2 Å². The van der Waals surface area contributed by atoms with E-state index in [9.17, 15) is 13.9 Å². The molecule has 1 aliphatic heterocycles. The minimum atomic E-state index is -1.02. The Morgan fingerprint density at radius 1 is 1.18 bits per heavy atom. The molecule has 2 rings (SSSR count). The molecule has 1 aromatic carbocycles. The van der Waals surface area contributed by atoms with Crippen molar-refractivity contribution in [3.63, 3.8) is 0 Å². The molecule has 1 aromatic rings. The zero-order valence-electron chi connectivity index (χ0n) is 13.1. The van der Waals surface area contributed by atoms with Crippen LogP contribution < -0.4 is 5.73 Å². The molecule has 4 nitrogen and oxygen atoms in total. The van der Waals surface area contributed by atoms with Crippen LogP contribution in [-0.4, -0.2) is 30.0 Å². The summed E-state index contributed by atoms with van der Waals surface area (Å²) in [5.41, 5.74) is 5.27. The lowest BCUT2D eigenvalue weighted by Gasteiger charge is -2.32. The van der Waals surface area contributed by atoms with Gasteiger partial charge in [-0.3, -0.25) is 0 Å². The molecule has 1 saturated heterocycles. The standard InChI is InChI=1S/C15H20BF2NO3/c1-14(2)15(3,4)22-16(21-14)10(8-20)5-9-6-11(17)12(18)7-13(9)19/h5-7,20H,8,19H2,1-4H3. The van der Waals surface area contributed by atoms with Crippen LogP contribution in [-0.2, 0) is 9.31 Å². The first-order valence-corrected chi connectivity index (χ1v) is 6.99. The number of anilines is 1. The highest BCUT2D eigenvalue weighted by molar-refractivity contribution is 6.55. The number of aliphatic hydroxyl groups is 1. The van der Waals surface area contributed by atoms with E-state index in [-0.39, 0.29) is 17.9 Å². The summed E-state index contributed by atoms with van der Waals surface area (Å²) in [6.07, 6.45) is 1.46. The van der Waals surface area contributed by atoms with Crippen molar-refractivity contribution in [1.29, 1.82) is 0 Å². The lowest BCUT2D eigenvalue weighted by atomic mass is 9.77. The number of benzene rings is 1. The van der Waals surface area contributed by atoms with E-state index in [1.165, 1.54) is 6.08 Å². The Morgan fingerprint density at radius 2 is 1.68 bits per heavy atom. The molecular formula is C15H20BF2NO3. The first kappa shape index (κ1) is 16.9. The zero-order valence-corrected chi connectivity index (χ0v) is 13.1. The molecule has 0 radical (unpaired) electrons. The molecule has 0 aliphatic carbocycles. The molecule has 0 saturated carbocycles. The van der Waals surface area contributed by atoms with E-state index in [0.29, 0.717) is 5.47 Å². The van der Waals surface area contributed by atoms with Gasteiger partial charge in [0.15, 0.2) is 11.6 Å². The SMILES string of the molecule is CC1(C)OB(C(=Cc2cc(F)c(F)cc2N)CO)OC1(C)C. The van der Waals surface area contributed by atoms with Gasteiger partial charge in [0.05, 0.1) is 17.8 Å². The highest BCUT2D eigenvalue weighted by atomic mass is 19.2. The van der Waals surface area contributed by atoms with Crippen molar-refractivity contribution >= 4 is 18.9 Å². The van der Waals surface area contributed by atoms with Crippen molar-refractivity contribution in [2.24, 2.45) is 0 Å². The van der Waals surface area contributed by atoms with Gasteiger partial charge in [-0.25, -0.2) is 8.78 Å². The summed E-state index contributed by atoms with van der Waals surface area (Å²) in [6, 6.07) is 1.88. The molecular weight excluding hydrogens is 291 g/mol. The van der Waals surface area contributed by atoms with Crippen LogP contribution in [0.2, 0.25) is 0 Å². The molecule has 0 atom stereocenters. The maximum absolute atomic E-state index is 13.4. The van der Waals surface area contributed by atoms with E-state index >= 15 is 0 Å². The number of nitrogens with two attached hydrogens (primary N) is 1. The average molecular weight is 311 g/mol. The van der Waals surface area contributed by atoms with Crippen LogP contribution in [0.5, 0.6) is 0 Å². The molecule has 0 amide bonds. The van der Waals surface area contributed by atoms with E-state index in [4.69, 9.17) is 15.0 Å². The van der Waals surface area contributed by atoms with E-state index < -0.39 is 30.0 Å². The topological polar surface area (TPSA) is 64.7 Å². The molecule has 0 unspecified atom stereocenters. The minimum Gasteiger partial charge on any atom is -0.400 e. The van der Waals surface area contributed by atoms with Gasteiger partial charge in [0.2, 0.25) is 0 Å². The lowest BCUT2D eigenvalue weighted by Crippen LogP contribution is -2.41. The van der Waals surface area contributed by atoms with Crippen molar-refractivity contribution in [3.8, 4) is 0 Å². The predicted molar refractivity (Wildman–Crippen MR) is 81.9 cm³/mol. The van der Waals surface area contributed by atoms with E-state index in [1.54, 1.807) is 0 Å². The summed E-state index contributed by atoms with van der Waals surface area (Å²) in [7, 11) is -0.775. The van der Waals surface area contributed by atoms with Crippen molar-refractivity contribution in [2.45, 2.75) is 38.9 Å². The summed E-state index contributed by atoms with van der Waals surface area (Å²) in [4.78, 5) is 0. The number of halogens is 2.